The molecule has 0 unspecified atom stereocenters. The molecule has 0 aliphatic carbocycles. The third-order valence-corrected chi connectivity index (χ3v) is 0. The molecule has 4 heteroatoms. The minimum atomic E-state index is 0. The summed E-state index contributed by atoms with van der Waals surface area (Å²) in [6.07, 6.45) is 0. The topological polar surface area (TPSA) is 0 Å². The first kappa shape index (κ1) is 23.4. The van der Waals surface area contributed by atoms with Gasteiger partial charge < -0.3 is 0 Å². The molecule has 0 heterocycles. The molecule has 0 rings (SSSR count). The van der Waals surface area contributed by atoms with E-state index < -0.39 is 0 Å². The summed E-state index contributed by atoms with van der Waals surface area (Å²) in [6, 6.07) is 0. The van der Waals surface area contributed by atoms with Gasteiger partial charge in [0.05, 0.1) is 0 Å². The minimum absolute atomic E-state index is 0. The van der Waals surface area contributed by atoms with E-state index in [1.54, 1.807) is 0 Å². The summed E-state index contributed by atoms with van der Waals surface area (Å²) >= 11 is 0. The maximum absolute atomic E-state index is 0. The van der Waals surface area contributed by atoms with Gasteiger partial charge in [-0.25, -0.2) is 0 Å². The Labute approximate surface area is 139 Å². The van der Waals surface area contributed by atoms with Crippen LogP contribution in [0.15, 0.2) is 0 Å². The summed E-state index contributed by atoms with van der Waals surface area (Å²) in [5, 5.41) is 0. The van der Waals surface area contributed by atoms with Crippen molar-refractivity contribution in [3.8, 4) is 0 Å². The molecule has 0 aliphatic heterocycles. The molecular formula is CuErEuGd. The Balaban J connectivity index is 0. The van der Waals surface area contributed by atoms with Gasteiger partial charge in [-0.1, -0.05) is 0 Å². The van der Waals surface area contributed by atoms with Gasteiger partial charge in [-0.05, 0) is 0 Å². The van der Waals surface area contributed by atoms with Crippen LogP contribution in [0.1, 0.15) is 0 Å². The summed E-state index contributed by atoms with van der Waals surface area (Å²) in [5.41, 5.74) is 0. The zero-order valence-corrected chi connectivity index (χ0v) is 8.81. The van der Waals surface area contributed by atoms with E-state index in [1.165, 1.54) is 0 Å². The van der Waals surface area contributed by atoms with Crippen molar-refractivity contribution in [1.82, 2.24) is 0 Å². The molecule has 4 heavy (non-hydrogen) atoms. The third-order valence-electron chi connectivity index (χ3n) is 0. The van der Waals surface area contributed by atoms with Crippen LogP contribution in [0.4, 0.5) is 0 Å². The fourth-order valence-electron chi connectivity index (χ4n) is 0. The van der Waals surface area contributed by atoms with Gasteiger partial charge in [-0.2, -0.15) is 0 Å². The van der Waals surface area contributed by atoms with Crippen molar-refractivity contribution >= 4 is 0 Å². The van der Waals surface area contributed by atoms with E-state index in [2.05, 4.69) is 0 Å². The molecule has 0 aromatic rings. The Morgan fingerprint density at radius 3 is 1.00 bits per heavy atom. The second-order valence-electron chi connectivity index (χ2n) is 0. The summed E-state index contributed by atoms with van der Waals surface area (Å²) in [6.45, 7) is 0. The SMILES string of the molecule is [Cu].[Er].[Eu].[Gd]. The van der Waals surface area contributed by atoms with Crippen LogP contribution in [0.3, 0.4) is 0 Å². The molecule has 0 spiro atoms. The molecule has 0 saturated heterocycles. The summed E-state index contributed by atoms with van der Waals surface area (Å²) in [4.78, 5) is 0. The van der Waals surface area contributed by atoms with Gasteiger partial charge in [-0.3, -0.25) is 0 Å². The molecule has 0 N–H and O–H groups in total. The van der Waals surface area contributed by atoms with Crippen LogP contribution >= 0.6 is 0 Å². The number of hydrogen-bond acceptors (Lipinski definition) is 0. The fraction of sp³-hybridized carbons (Fsp3) is 0. The van der Waals surface area contributed by atoms with E-state index in [-0.39, 0.29) is 144 Å². The van der Waals surface area contributed by atoms with Crippen molar-refractivity contribution in [3.05, 3.63) is 0 Å². The Hall–Kier alpha value is 4.68. The molecular weight excluding hydrogens is 540 g/mol. The van der Waals surface area contributed by atoms with Gasteiger partial charge in [0.15, 0.2) is 0 Å². The Morgan fingerprint density at radius 1 is 1.00 bits per heavy atom. The van der Waals surface area contributed by atoms with Gasteiger partial charge in [0.2, 0.25) is 0 Å². The van der Waals surface area contributed by atoms with E-state index in [0.29, 0.717) is 0 Å². The Bertz CT molecular complexity index is 8.00. The van der Waals surface area contributed by atoms with Crippen LogP contribution in [-0.4, -0.2) is 0 Å². The summed E-state index contributed by atoms with van der Waals surface area (Å²) in [5.74, 6) is 0. The first-order chi connectivity index (χ1) is 0. The standard InChI is InChI=1S/Cu.Er.Eu.Gd. The zero-order valence-electron chi connectivity index (χ0n) is 1.32. The number of rotatable bonds is 0. The van der Waals surface area contributed by atoms with Crippen molar-refractivity contribution in [2.24, 2.45) is 0 Å². The van der Waals surface area contributed by atoms with Crippen LogP contribution in [0.2, 0.25) is 0 Å². The normalized spacial score (nSPS) is 0. The van der Waals surface area contributed by atoms with Crippen LogP contribution < -0.4 is 0 Å². The van der Waals surface area contributed by atoms with Crippen molar-refractivity contribution in [2.75, 3.05) is 0 Å². The maximum Gasteiger partial charge on any atom is 0 e. The molecule has 38 valence electrons. The zero-order chi connectivity index (χ0) is 0. The minimum Gasteiger partial charge on any atom is 0 e. The average molecular weight is 540 g/mol. The van der Waals surface area contributed by atoms with Crippen LogP contribution in [0.5, 0.6) is 0 Å². The van der Waals surface area contributed by atoms with Gasteiger partial charge >= 0.3 is 0 Å². The molecule has 2 radical (unpaired) electrons. The monoisotopic (exact) mass is 540 g/mol. The second-order valence-corrected chi connectivity index (χ2v) is 0. The molecule has 0 amide bonds. The van der Waals surface area contributed by atoms with Crippen molar-refractivity contribution in [3.63, 3.8) is 0 Å². The Morgan fingerprint density at radius 2 is 1.00 bits per heavy atom. The van der Waals surface area contributed by atoms with Gasteiger partial charge in [0, 0.05) is 144 Å². The van der Waals surface area contributed by atoms with E-state index in [0.717, 1.165) is 0 Å². The first-order valence-corrected chi connectivity index (χ1v) is 0. The predicted octanol–water partition coefficient (Wildman–Crippen LogP) is -0.00250. The average Bonchev–Trinajstić information content (AvgIpc) is 0. The molecule has 0 atom stereocenters. The largest absolute Gasteiger partial charge is 0 e. The number of hydrogen-bond donors (Lipinski definition) is 0. The molecule has 0 aromatic carbocycles. The smallest absolute Gasteiger partial charge is 0 e. The molecule has 0 nitrogen and oxygen atoms in total. The molecule has 0 saturated carbocycles. The third kappa shape index (κ3) is 9.84. The van der Waals surface area contributed by atoms with Crippen molar-refractivity contribution in [2.45, 2.75) is 0 Å². The molecule has 0 aliphatic rings. The predicted molar refractivity (Wildman–Crippen MR) is 0 cm³/mol. The van der Waals surface area contributed by atoms with Crippen molar-refractivity contribution in [1.29, 1.82) is 0 Å². The van der Waals surface area contributed by atoms with Gasteiger partial charge in [-0.15, -0.1) is 0 Å². The van der Waals surface area contributed by atoms with E-state index in [4.69, 9.17) is 0 Å². The van der Waals surface area contributed by atoms with Crippen LogP contribution in [-0.2, 0) is 17.1 Å². The van der Waals surface area contributed by atoms with Gasteiger partial charge in [0.1, 0.15) is 0 Å². The second kappa shape index (κ2) is 15.6. The Kier molecular flexibility index (Phi) is 91.5. The maximum atomic E-state index is 0. The summed E-state index contributed by atoms with van der Waals surface area (Å²) < 4.78 is 0. The van der Waals surface area contributed by atoms with E-state index >= 15 is 0 Å². The quantitative estimate of drug-likeness (QED) is 0.380. The fourth-order valence-corrected chi connectivity index (χ4v) is 0. The van der Waals surface area contributed by atoms with E-state index in [1.807, 2.05) is 0 Å². The summed E-state index contributed by atoms with van der Waals surface area (Å²) in [7, 11) is 0. The first-order valence-electron chi connectivity index (χ1n) is 0. The molecule has 0 fully saturated rings. The van der Waals surface area contributed by atoms with Gasteiger partial charge in [0.25, 0.3) is 0 Å². The van der Waals surface area contributed by atoms with Crippen LogP contribution in [0.25, 0.3) is 0 Å². The molecule has 0 bridgehead atoms. The van der Waals surface area contributed by atoms with Crippen LogP contribution in [0, 0.1) is 127 Å². The van der Waals surface area contributed by atoms with E-state index in [9.17, 15) is 0 Å². The van der Waals surface area contributed by atoms with Crippen molar-refractivity contribution < 1.29 is 144 Å². The molecule has 0 aromatic heterocycles.